The van der Waals surface area contributed by atoms with E-state index in [1.165, 1.54) is 11.1 Å². The van der Waals surface area contributed by atoms with Crippen LogP contribution in [0.15, 0.2) is 47.1 Å². The molecule has 3 aromatic rings. The summed E-state index contributed by atoms with van der Waals surface area (Å²) < 4.78 is 5.68. The van der Waals surface area contributed by atoms with E-state index in [1.54, 1.807) is 30.5 Å². The minimum atomic E-state index is -0.140. The summed E-state index contributed by atoms with van der Waals surface area (Å²) in [6.07, 6.45) is 3.96. The van der Waals surface area contributed by atoms with Gasteiger partial charge in [-0.3, -0.25) is 9.59 Å². The maximum absolute atomic E-state index is 12.6. The highest BCUT2D eigenvalue weighted by atomic mass is 16.3. The Labute approximate surface area is 170 Å². The van der Waals surface area contributed by atoms with Crippen LogP contribution in [0.4, 0.5) is 5.69 Å². The fourth-order valence-electron chi connectivity index (χ4n) is 3.62. The van der Waals surface area contributed by atoms with Crippen LogP contribution in [-0.4, -0.2) is 17.9 Å². The molecule has 150 valence electrons. The lowest BCUT2D eigenvalue weighted by atomic mass is 9.95. The van der Waals surface area contributed by atoms with Crippen molar-refractivity contribution in [1.82, 2.24) is 5.32 Å². The summed E-state index contributed by atoms with van der Waals surface area (Å²) in [7, 11) is 0. The van der Waals surface area contributed by atoms with Gasteiger partial charge in [0.15, 0.2) is 0 Å². The number of rotatable bonds is 6. The van der Waals surface area contributed by atoms with Crippen LogP contribution in [0.1, 0.15) is 59.7 Å². The summed E-state index contributed by atoms with van der Waals surface area (Å²) in [5, 5.41) is 6.84. The first-order valence-corrected chi connectivity index (χ1v) is 10.1. The molecule has 2 aromatic carbocycles. The Bertz CT molecular complexity index is 1080. The molecule has 0 unspecified atom stereocenters. The minimum absolute atomic E-state index is 0.0963. The van der Waals surface area contributed by atoms with E-state index in [-0.39, 0.29) is 18.2 Å². The highest BCUT2D eigenvalue weighted by Crippen LogP contribution is 2.29. The molecule has 1 aliphatic rings. The first-order valence-electron chi connectivity index (χ1n) is 10.1. The predicted octanol–water partition coefficient (Wildman–Crippen LogP) is 4.94. The van der Waals surface area contributed by atoms with Gasteiger partial charge >= 0.3 is 0 Å². The molecule has 5 nitrogen and oxygen atoms in total. The number of furan rings is 1. The normalized spacial score (nSPS) is 13.7. The van der Waals surface area contributed by atoms with Crippen molar-refractivity contribution in [3.63, 3.8) is 0 Å². The van der Waals surface area contributed by atoms with E-state index in [4.69, 9.17) is 4.42 Å². The number of amides is 2. The molecule has 0 aliphatic heterocycles. The molecule has 1 fully saturated rings. The number of anilines is 1. The van der Waals surface area contributed by atoms with Gasteiger partial charge in [0.05, 0.1) is 12.7 Å². The van der Waals surface area contributed by atoms with Gasteiger partial charge in [0.1, 0.15) is 5.58 Å². The molecule has 1 aliphatic carbocycles. The number of carbonyl (C=O) groups excluding carboxylic acids is 2. The van der Waals surface area contributed by atoms with Crippen molar-refractivity contribution in [3.8, 4) is 0 Å². The topological polar surface area (TPSA) is 71.3 Å². The van der Waals surface area contributed by atoms with Crippen molar-refractivity contribution in [3.05, 3.63) is 64.9 Å². The van der Waals surface area contributed by atoms with Crippen LogP contribution in [0.2, 0.25) is 0 Å². The van der Waals surface area contributed by atoms with Gasteiger partial charge in [-0.05, 0) is 67.1 Å². The van der Waals surface area contributed by atoms with Crippen molar-refractivity contribution >= 4 is 28.5 Å². The molecule has 4 rings (SSSR count). The molecule has 29 heavy (non-hydrogen) atoms. The van der Waals surface area contributed by atoms with E-state index >= 15 is 0 Å². The summed E-state index contributed by atoms with van der Waals surface area (Å²) in [5.41, 5.74) is 5.29. The van der Waals surface area contributed by atoms with Crippen LogP contribution in [0.25, 0.3) is 11.0 Å². The fraction of sp³-hybridized carbons (Fsp3) is 0.333. The van der Waals surface area contributed by atoms with Crippen LogP contribution in [0.3, 0.4) is 0 Å². The molecule has 0 spiro atoms. The molecular formula is C24H26N2O3. The molecule has 0 saturated heterocycles. The molecule has 1 heterocycles. The largest absolute Gasteiger partial charge is 0.464 e. The van der Waals surface area contributed by atoms with Crippen molar-refractivity contribution in [2.75, 3.05) is 5.32 Å². The van der Waals surface area contributed by atoms with Gasteiger partial charge < -0.3 is 15.1 Å². The van der Waals surface area contributed by atoms with Gasteiger partial charge in [0.25, 0.3) is 5.91 Å². The zero-order valence-corrected chi connectivity index (χ0v) is 17.0. The van der Waals surface area contributed by atoms with Crippen LogP contribution in [0.5, 0.6) is 0 Å². The number of carbonyl (C=O) groups is 2. The number of benzene rings is 2. The smallest absolute Gasteiger partial charge is 0.251 e. The van der Waals surface area contributed by atoms with Crippen LogP contribution >= 0.6 is 0 Å². The van der Waals surface area contributed by atoms with E-state index < -0.39 is 0 Å². The first-order chi connectivity index (χ1) is 13.9. The zero-order chi connectivity index (χ0) is 20.5. The molecule has 5 heteroatoms. The third kappa shape index (κ3) is 4.34. The number of nitrogens with one attached hydrogen (secondary N) is 2. The lowest BCUT2D eigenvalue weighted by molar-refractivity contribution is -0.115. The summed E-state index contributed by atoms with van der Waals surface area (Å²) in [6, 6.07) is 11.5. The number of aryl methyl sites for hydroxylation is 1. The number of hydrogen-bond acceptors (Lipinski definition) is 3. The van der Waals surface area contributed by atoms with Crippen molar-refractivity contribution < 1.29 is 14.0 Å². The average Bonchev–Trinajstić information content (AvgIpc) is 3.41. The van der Waals surface area contributed by atoms with Gasteiger partial charge in [-0.2, -0.15) is 0 Å². The third-order valence-corrected chi connectivity index (χ3v) is 5.34. The molecule has 2 amide bonds. The van der Waals surface area contributed by atoms with Gasteiger partial charge in [-0.1, -0.05) is 19.9 Å². The first kappa shape index (κ1) is 19.2. The second kappa shape index (κ2) is 7.74. The number of hydrogen-bond donors (Lipinski definition) is 2. The second-order valence-electron chi connectivity index (χ2n) is 8.17. The fourth-order valence-corrected chi connectivity index (χ4v) is 3.62. The summed E-state index contributed by atoms with van der Waals surface area (Å²) in [6.45, 7) is 6.40. The van der Waals surface area contributed by atoms with Crippen LogP contribution in [-0.2, 0) is 11.2 Å². The van der Waals surface area contributed by atoms with E-state index in [9.17, 15) is 9.59 Å². The molecule has 0 bridgehead atoms. The highest BCUT2D eigenvalue weighted by molar-refractivity contribution is 5.98. The van der Waals surface area contributed by atoms with Gasteiger partial charge in [0.2, 0.25) is 5.91 Å². The Hall–Kier alpha value is -3.08. The molecule has 0 atom stereocenters. The summed E-state index contributed by atoms with van der Waals surface area (Å²) >= 11 is 0. The monoisotopic (exact) mass is 390 g/mol. The maximum atomic E-state index is 12.6. The Morgan fingerprint density at radius 1 is 1.17 bits per heavy atom. The van der Waals surface area contributed by atoms with Crippen molar-refractivity contribution in [2.24, 2.45) is 0 Å². The SMILES string of the molecule is Cc1cc2occ(CC(=O)Nc3cccc(C(=O)NC4CC4)c3)c2cc1C(C)C. The van der Waals surface area contributed by atoms with Crippen molar-refractivity contribution in [2.45, 2.75) is 52.0 Å². The summed E-state index contributed by atoms with van der Waals surface area (Å²) in [5.74, 6) is 0.167. The van der Waals surface area contributed by atoms with E-state index in [1.807, 2.05) is 6.07 Å². The molecule has 1 aromatic heterocycles. The maximum Gasteiger partial charge on any atom is 0.251 e. The average molecular weight is 390 g/mol. The Morgan fingerprint density at radius 2 is 1.97 bits per heavy atom. The standard InChI is InChI=1S/C24H26N2O3/c1-14(2)20-12-21-17(13-29-22(21)9-15(20)3)11-23(27)25-19-6-4-5-16(10-19)24(28)26-18-7-8-18/h4-6,9-10,12-14,18H,7-8,11H2,1-3H3,(H,25,27)(H,26,28). The van der Waals surface area contributed by atoms with Gasteiger partial charge in [-0.25, -0.2) is 0 Å². The lowest BCUT2D eigenvalue weighted by Gasteiger charge is -2.10. The van der Waals surface area contributed by atoms with Crippen LogP contribution in [0, 0.1) is 6.92 Å². The Kier molecular flexibility index (Phi) is 5.14. The molecular weight excluding hydrogens is 364 g/mol. The predicted molar refractivity (Wildman–Crippen MR) is 114 cm³/mol. The van der Waals surface area contributed by atoms with E-state index in [0.29, 0.717) is 23.2 Å². The van der Waals surface area contributed by atoms with E-state index in [0.717, 1.165) is 29.4 Å². The van der Waals surface area contributed by atoms with Crippen molar-refractivity contribution in [1.29, 1.82) is 0 Å². The van der Waals surface area contributed by atoms with Gasteiger partial charge in [-0.15, -0.1) is 0 Å². The Morgan fingerprint density at radius 3 is 2.69 bits per heavy atom. The zero-order valence-electron chi connectivity index (χ0n) is 17.0. The second-order valence-corrected chi connectivity index (χ2v) is 8.17. The minimum Gasteiger partial charge on any atom is -0.464 e. The third-order valence-electron chi connectivity index (χ3n) is 5.34. The van der Waals surface area contributed by atoms with Crippen LogP contribution < -0.4 is 10.6 Å². The van der Waals surface area contributed by atoms with Gasteiger partial charge in [0, 0.05) is 28.2 Å². The molecule has 0 radical (unpaired) electrons. The van der Waals surface area contributed by atoms with E-state index in [2.05, 4.69) is 37.5 Å². The Balaban J connectivity index is 1.48. The quantitative estimate of drug-likeness (QED) is 0.626. The number of fused-ring (bicyclic) bond motifs is 1. The highest BCUT2D eigenvalue weighted by Gasteiger charge is 2.24. The summed E-state index contributed by atoms with van der Waals surface area (Å²) in [4.78, 5) is 24.8. The molecule has 1 saturated carbocycles. The lowest BCUT2D eigenvalue weighted by Crippen LogP contribution is -2.25. The molecule has 2 N–H and O–H groups in total.